The maximum atomic E-state index is 12.2. The number of amides is 1. The average Bonchev–Trinajstić information content (AvgIpc) is 3.14. The highest BCUT2D eigenvalue weighted by Crippen LogP contribution is 2.18. The van der Waals surface area contributed by atoms with Crippen molar-refractivity contribution < 1.29 is 27.6 Å². The van der Waals surface area contributed by atoms with Crippen LogP contribution in [0.15, 0.2) is 36.5 Å². The van der Waals surface area contributed by atoms with E-state index in [1.165, 1.54) is 0 Å². The van der Waals surface area contributed by atoms with Gasteiger partial charge in [-0.1, -0.05) is 28.0 Å². The molecule has 1 aromatic heterocycles. The minimum atomic E-state index is -3.11. The highest BCUT2D eigenvalue weighted by Gasteiger charge is 2.20. The van der Waals surface area contributed by atoms with Gasteiger partial charge in [-0.05, 0) is 37.0 Å². The predicted molar refractivity (Wildman–Crippen MR) is 93.6 cm³/mol. The van der Waals surface area contributed by atoms with E-state index in [0.717, 1.165) is 35.9 Å². The number of halogens is 1. The Hall–Kier alpha value is -2.10. The summed E-state index contributed by atoms with van der Waals surface area (Å²) in [6, 6.07) is 9.63. The fourth-order valence-corrected chi connectivity index (χ4v) is 4.14. The smallest absolute Gasteiger partial charge is 0.266 e. The molecule has 26 heavy (non-hydrogen) atoms. The Labute approximate surface area is 151 Å². The molecule has 0 aliphatic carbocycles. The molecule has 9 heteroatoms. The van der Waals surface area contributed by atoms with E-state index in [2.05, 4.69) is 4.98 Å². The molecule has 1 saturated heterocycles. The molecule has 3 rings (SSSR count). The van der Waals surface area contributed by atoms with Crippen LogP contribution >= 0.6 is 0 Å². The zero-order valence-corrected chi connectivity index (χ0v) is 14.9. The summed E-state index contributed by atoms with van der Waals surface area (Å²) < 4.78 is 40.3. The largest absolute Gasteiger partial charge is 0.378 e. The van der Waals surface area contributed by atoms with Gasteiger partial charge in [-0.3, -0.25) is 15.0 Å². The third kappa shape index (κ3) is 6.66. The van der Waals surface area contributed by atoms with Gasteiger partial charge in [0.1, 0.15) is 0 Å². The van der Waals surface area contributed by atoms with E-state index >= 15 is 0 Å². The Morgan fingerprint density at radius 2 is 2.12 bits per heavy atom. The Morgan fingerprint density at radius 3 is 2.77 bits per heavy atom. The number of hydrogen-bond donors (Lipinski definition) is 1. The van der Waals surface area contributed by atoms with Crippen LogP contribution in [0.5, 0.6) is 0 Å². The number of pyridine rings is 1. The topological polar surface area (TPSA) is 96.8 Å². The number of fused-ring (bicyclic) bond motifs is 1. The van der Waals surface area contributed by atoms with Gasteiger partial charge < -0.3 is 4.74 Å². The van der Waals surface area contributed by atoms with Crippen LogP contribution in [0.4, 0.5) is 4.48 Å². The highest BCUT2D eigenvalue weighted by molar-refractivity contribution is 7.90. The van der Waals surface area contributed by atoms with Crippen molar-refractivity contribution in [2.45, 2.75) is 31.1 Å². The van der Waals surface area contributed by atoms with Crippen LogP contribution in [-0.2, 0) is 25.1 Å². The predicted octanol–water partition coefficient (Wildman–Crippen LogP) is 2.44. The van der Waals surface area contributed by atoms with Crippen molar-refractivity contribution in [3.05, 3.63) is 42.1 Å². The molecule has 7 nitrogen and oxygen atoms in total. The molecule has 1 atom stereocenters. The molecular formula is C17H21FN2O5S. The van der Waals surface area contributed by atoms with Gasteiger partial charge in [0.2, 0.25) is 0 Å². The van der Waals surface area contributed by atoms with Gasteiger partial charge >= 0.3 is 0 Å². The number of hydrogen-bond acceptors (Lipinski definition) is 6. The lowest BCUT2D eigenvalue weighted by molar-refractivity contribution is -0.217. The lowest BCUT2D eigenvalue weighted by atomic mass is 10.2. The lowest BCUT2D eigenvalue weighted by Gasteiger charge is -2.10. The summed E-state index contributed by atoms with van der Waals surface area (Å²) in [5.74, 6) is 0.238. The molecule has 0 saturated carbocycles. The SMILES string of the molecule is O=CN(O)F.O=S(=O)(CCC1CCCO1)Cc1cnc2ccccc2c1. The van der Waals surface area contributed by atoms with Gasteiger partial charge in [0.25, 0.3) is 6.41 Å². The number of rotatable bonds is 6. The third-order valence-corrected chi connectivity index (χ3v) is 5.53. The number of para-hydroxylation sites is 1. The van der Waals surface area contributed by atoms with Gasteiger partial charge in [-0.2, -0.15) is 0 Å². The number of carbonyl (C=O) groups is 1. The van der Waals surface area contributed by atoms with E-state index < -0.39 is 15.1 Å². The fourth-order valence-electron chi connectivity index (χ4n) is 2.70. The minimum Gasteiger partial charge on any atom is -0.378 e. The van der Waals surface area contributed by atoms with E-state index in [0.29, 0.717) is 6.42 Å². The molecule has 1 N–H and O–H groups in total. The van der Waals surface area contributed by atoms with E-state index in [-0.39, 0.29) is 24.0 Å². The first-order valence-corrected chi connectivity index (χ1v) is 9.96. The van der Waals surface area contributed by atoms with Crippen LogP contribution in [0.2, 0.25) is 0 Å². The summed E-state index contributed by atoms with van der Waals surface area (Å²) in [5, 5.41) is 7.08. The molecule has 2 aromatic rings. The second-order valence-electron chi connectivity index (χ2n) is 5.95. The van der Waals surface area contributed by atoms with Crippen molar-refractivity contribution in [1.29, 1.82) is 0 Å². The molecule has 1 aliphatic rings. The standard InChI is InChI=1S/C16H19NO3S.CH2FNO2/c18-21(19,9-7-15-5-3-8-20-15)12-13-10-14-4-1-2-6-16(14)17-11-13;2-3(5)1-4/h1-2,4,6,10-11,15H,3,5,7-9,12H2;1,5H. The number of nitrogens with zero attached hydrogens (tertiary/aromatic N) is 2. The second-order valence-corrected chi connectivity index (χ2v) is 8.13. The van der Waals surface area contributed by atoms with Crippen LogP contribution in [-0.4, -0.2) is 48.8 Å². The van der Waals surface area contributed by atoms with Crippen molar-refractivity contribution in [2.24, 2.45) is 0 Å². The molecule has 0 spiro atoms. The molecule has 1 aliphatic heterocycles. The van der Waals surface area contributed by atoms with Crippen molar-refractivity contribution in [1.82, 2.24) is 10.3 Å². The molecule has 2 heterocycles. The van der Waals surface area contributed by atoms with Crippen molar-refractivity contribution in [2.75, 3.05) is 12.4 Å². The van der Waals surface area contributed by atoms with E-state index in [9.17, 15) is 12.9 Å². The highest BCUT2D eigenvalue weighted by atomic mass is 32.2. The van der Waals surface area contributed by atoms with Crippen LogP contribution < -0.4 is 0 Å². The van der Waals surface area contributed by atoms with Gasteiger partial charge in [0.15, 0.2) is 9.84 Å². The minimum absolute atomic E-state index is 0.0531. The number of hydroxylamine groups is 1. The van der Waals surface area contributed by atoms with Crippen molar-refractivity contribution in [3.8, 4) is 0 Å². The van der Waals surface area contributed by atoms with Crippen LogP contribution in [0.25, 0.3) is 10.9 Å². The monoisotopic (exact) mass is 384 g/mol. The molecule has 0 bridgehead atoms. The Kier molecular flexibility index (Phi) is 7.43. The first kappa shape index (κ1) is 20.2. The van der Waals surface area contributed by atoms with Gasteiger partial charge in [-0.25, -0.2) is 8.42 Å². The lowest BCUT2D eigenvalue weighted by Crippen LogP contribution is -2.16. The van der Waals surface area contributed by atoms with Gasteiger partial charge in [-0.15, -0.1) is 0 Å². The van der Waals surface area contributed by atoms with Crippen LogP contribution in [0, 0.1) is 0 Å². The number of aromatic nitrogens is 1. The van der Waals surface area contributed by atoms with Gasteiger partial charge in [0, 0.05) is 18.2 Å². The number of ether oxygens (including phenoxy) is 1. The first-order valence-electron chi connectivity index (χ1n) is 8.14. The summed E-state index contributed by atoms with van der Waals surface area (Å²) in [5.41, 5.74) is 1.64. The number of benzene rings is 1. The molecular weight excluding hydrogens is 363 g/mol. The molecule has 1 unspecified atom stereocenters. The van der Waals surface area contributed by atoms with Crippen LogP contribution in [0.1, 0.15) is 24.8 Å². The van der Waals surface area contributed by atoms with Gasteiger partial charge in [0.05, 0.1) is 23.1 Å². The van der Waals surface area contributed by atoms with E-state index in [4.69, 9.17) is 14.7 Å². The molecule has 1 fully saturated rings. The molecule has 142 valence electrons. The number of carbonyl (C=O) groups excluding carboxylic acids is 1. The number of sulfone groups is 1. The Bertz CT molecular complexity index is 823. The molecule has 1 amide bonds. The second kappa shape index (κ2) is 9.56. The summed E-state index contributed by atoms with van der Waals surface area (Å²) >= 11 is 0. The molecule has 1 aromatic carbocycles. The average molecular weight is 384 g/mol. The summed E-state index contributed by atoms with van der Waals surface area (Å²) in [6.07, 6.45) is 4.04. The zero-order valence-electron chi connectivity index (χ0n) is 14.1. The van der Waals surface area contributed by atoms with Crippen molar-refractivity contribution >= 4 is 27.2 Å². The Balaban J connectivity index is 0.000000431. The normalized spacial score (nSPS) is 16.8. The van der Waals surface area contributed by atoms with Crippen LogP contribution in [0.3, 0.4) is 0 Å². The summed E-state index contributed by atoms with van der Waals surface area (Å²) in [6.45, 7) is 0.763. The summed E-state index contributed by atoms with van der Waals surface area (Å²) in [7, 11) is -3.11. The maximum absolute atomic E-state index is 12.2. The third-order valence-electron chi connectivity index (χ3n) is 3.90. The van der Waals surface area contributed by atoms with Crippen molar-refractivity contribution in [3.63, 3.8) is 0 Å². The quantitative estimate of drug-likeness (QED) is 0.356. The van der Waals surface area contributed by atoms with E-state index in [1.807, 2.05) is 30.3 Å². The molecule has 0 radical (unpaired) electrons. The summed E-state index contributed by atoms with van der Waals surface area (Å²) in [4.78, 5) is 13.1. The zero-order chi connectivity index (χ0) is 19.0. The fraction of sp³-hybridized carbons (Fsp3) is 0.412. The van der Waals surface area contributed by atoms with E-state index in [1.54, 1.807) is 6.20 Å². The Morgan fingerprint density at radius 1 is 1.38 bits per heavy atom. The first-order chi connectivity index (χ1) is 12.4. The maximum Gasteiger partial charge on any atom is 0.266 e.